The molecule has 0 aliphatic carbocycles. The number of carbonyl (C=O) groups excluding carboxylic acids is 1. The van der Waals surface area contributed by atoms with E-state index in [4.69, 9.17) is 5.26 Å². The Morgan fingerprint density at radius 3 is 2.65 bits per heavy atom. The second-order valence-corrected chi connectivity index (χ2v) is 4.95. The normalized spacial score (nSPS) is 15.3. The highest BCUT2D eigenvalue weighted by Gasteiger charge is 2.15. The maximum Gasteiger partial charge on any atom is 0.241 e. The Morgan fingerprint density at radius 2 is 2.00 bits per heavy atom. The summed E-state index contributed by atoms with van der Waals surface area (Å²) in [6.45, 7) is 1.74. The molecule has 20 heavy (non-hydrogen) atoms. The molecule has 0 spiro atoms. The average molecular weight is 275 g/mol. The van der Waals surface area contributed by atoms with Crippen LogP contribution >= 0.6 is 0 Å². The van der Waals surface area contributed by atoms with Crippen molar-refractivity contribution in [3.05, 3.63) is 29.6 Å². The summed E-state index contributed by atoms with van der Waals surface area (Å²) in [5.41, 5.74) is 0.714. The fourth-order valence-corrected chi connectivity index (χ4v) is 2.37. The summed E-state index contributed by atoms with van der Waals surface area (Å²) in [5, 5.41) is 11.9. The van der Waals surface area contributed by atoms with Gasteiger partial charge in [-0.15, -0.1) is 0 Å². The number of amides is 1. The molecule has 1 amide bonds. The molecule has 4 nitrogen and oxygen atoms in total. The minimum Gasteiger partial charge on any atom is -0.375 e. The van der Waals surface area contributed by atoms with Gasteiger partial charge in [-0.25, -0.2) is 4.39 Å². The van der Waals surface area contributed by atoms with Gasteiger partial charge in [0.1, 0.15) is 11.9 Å². The van der Waals surface area contributed by atoms with Crippen LogP contribution in [0.4, 0.5) is 10.1 Å². The number of nitrogens with zero attached hydrogens (tertiary/aromatic N) is 2. The summed E-state index contributed by atoms with van der Waals surface area (Å²) >= 11 is 0. The Hall–Kier alpha value is -2.09. The number of likely N-dealkylation sites (tertiary alicyclic amines) is 1. The summed E-state index contributed by atoms with van der Waals surface area (Å²) in [5.74, 6) is -0.425. The Morgan fingerprint density at radius 1 is 1.30 bits per heavy atom. The van der Waals surface area contributed by atoms with Crippen LogP contribution in [0.5, 0.6) is 0 Å². The molecule has 1 aliphatic rings. The van der Waals surface area contributed by atoms with Crippen LogP contribution in [0, 0.1) is 17.1 Å². The Bertz CT molecular complexity index is 516. The van der Waals surface area contributed by atoms with Gasteiger partial charge in [0.15, 0.2) is 0 Å². The van der Waals surface area contributed by atoms with Crippen molar-refractivity contribution in [3.8, 4) is 6.07 Å². The van der Waals surface area contributed by atoms with Crippen LogP contribution in [0.2, 0.25) is 0 Å². The van der Waals surface area contributed by atoms with Crippen molar-refractivity contribution in [2.75, 3.05) is 25.0 Å². The molecular weight excluding hydrogens is 257 g/mol. The zero-order chi connectivity index (χ0) is 14.4. The summed E-state index contributed by atoms with van der Waals surface area (Å²) in [4.78, 5) is 14.0. The van der Waals surface area contributed by atoms with Gasteiger partial charge < -0.3 is 10.2 Å². The van der Waals surface area contributed by atoms with E-state index in [1.54, 1.807) is 0 Å². The number of rotatable bonds is 3. The number of hydrogen-bond donors (Lipinski definition) is 1. The zero-order valence-corrected chi connectivity index (χ0v) is 11.4. The molecule has 0 radical (unpaired) electrons. The molecule has 0 aromatic heterocycles. The Balaban J connectivity index is 1.94. The third kappa shape index (κ3) is 3.70. The molecule has 0 saturated carbocycles. The molecule has 1 N–H and O–H groups in total. The lowest BCUT2D eigenvalue weighted by Gasteiger charge is -2.20. The van der Waals surface area contributed by atoms with E-state index in [0.29, 0.717) is 5.69 Å². The van der Waals surface area contributed by atoms with E-state index in [9.17, 15) is 9.18 Å². The van der Waals surface area contributed by atoms with E-state index < -0.39 is 5.82 Å². The van der Waals surface area contributed by atoms with Crippen LogP contribution in [0.15, 0.2) is 18.2 Å². The third-order valence-corrected chi connectivity index (χ3v) is 3.49. The first-order chi connectivity index (χ1) is 9.70. The number of nitrogens with one attached hydrogen (secondary N) is 1. The second kappa shape index (κ2) is 6.90. The van der Waals surface area contributed by atoms with Crippen molar-refractivity contribution in [2.45, 2.75) is 25.7 Å². The van der Waals surface area contributed by atoms with Gasteiger partial charge in [0, 0.05) is 13.1 Å². The highest BCUT2D eigenvalue weighted by molar-refractivity contribution is 5.81. The summed E-state index contributed by atoms with van der Waals surface area (Å²) in [6, 6.07) is 5.85. The number of hydrogen-bond acceptors (Lipinski definition) is 3. The quantitative estimate of drug-likeness (QED) is 0.922. The van der Waals surface area contributed by atoms with Crippen LogP contribution in [0.25, 0.3) is 0 Å². The number of halogens is 1. The molecule has 0 atom stereocenters. The molecule has 1 heterocycles. The molecule has 1 fully saturated rings. The van der Waals surface area contributed by atoms with Gasteiger partial charge in [0.2, 0.25) is 5.91 Å². The van der Waals surface area contributed by atoms with Crippen molar-refractivity contribution in [1.29, 1.82) is 5.26 Å². The highest BCUT2D eigenvalue weighted by atomic mass is 19.1. The number of anilines is 1. The molecule has 1 saturated heterocycles. The van der Waals surface area contributed by atoms with Gasteiger partial charge in [-0.2, -0.15) is 5.26 Å². The largest absolute Gasteiger partial charge is 0.375 e. The fraction of sp³-hybridized carbons (Fsp3) is 0.467. The highest BCUT2D eigenvalue weighted by Crippen LogP contribution is 2.16. The van der Waals surface area contributed by atoms with Crippen LogP contribution in [0.1, 0.15) is 31.2 Å². The van der Waals surface area contributed by atoms with Crippen molar-refractivity contribution in [1.82, 2.24) is 4.90 Å². The first-order valence-electron chi connectivity index (χ1n) is 6.92. The first-order valence-corrected chi connectivity index (χ1v) is 6.92. The lowest BCUT2D eigenvalue weighted by Crippen LogP contribution is -2.36. The minimum atomic E-state index is -0.453. The standard InChI is InChI=1S/C15H18FN3O/c16-13-5-6-14(12(9-13)10-17)18-11-15(20)19-7-3-1-2-4-8-19/h5-6,9,18H,1-4,7-8,11H2. The summed E-state index contributed by atoms with van der Waals surface area (Å²) in [6.07, 6.45) is 4.44. The number of nitriles is 1. The van der Waals surface area contributed by atoms with E-state index in [1.165, 1.54) is 31.0 Å². The monoisotopic (exact) mass is 275 g/mol. The van der Waals surface area contributed by atoms with Crippen molar-refractivity contribution in [3.63, 3.8) is 0 Å². The van der Waals surface area contributed by atoms with E-state index in [1.807, 2.05) is 11.0 Å². The molecule has 1 aromatic carbocycles. The van der Waals surface area contributed by atoms with Crippen molar-refractivity contribution < 1.29 is 9.18 Å². The molecule has 1 aromatic rings. The van der Waals surface area contributed by atoms with E-state index in [-0.39, 0.29) is 18.0 Å². The van der Waals surface area contributed by atoms with Crippen molar-refractivity contribution >= 4 is 11.6 Å². The van der Waals surface area contributed by atoms with Gasteiger partial charge in [0.25, 0.3) is 0 Å². The fourth-order valence-electron chi connectivity index (χ4n) is 2.37. The summed E-state index contributed by atoms with van der Waals surface area (Å²) in [7, 11) is 0. The molecule has 0 bridgehead atoms. The smallest absolute Gasteiger partial charge is 0.241 e. The van der Waals surface area contributed by atoms with E-state index in [0.717, 1.165) is 25.9 Å². The number of benzene rings is 1. The van der Waals surface area contributed by atoms with Crippen LogP contribution in [-0.2, 0) is 4.79 Å². The Kier molecular flexibility index (Phi) is 4.94. The third-order valence-electron chi connectivity index (χ3n) is 3.49. The van der Waals surface area contributed by atoms with Gasteiger partial charge in [-0.05, 0) is 31.0 Å². The average Bonchev–Trinajstić information content (AvgIpc) is 2.74. The first kappa shape index (κ1) is 14.3. The maximum atomic E-state index is 13.0. The predicted molar refractivity (Wildman–Crippen MR) is 74.7 cm³/mol. The van der Waals surface area contributed by atoms with Gasteiger partial charge in [-0.1, -0.05) is 12.8 Å². The molecule has 5 heteroatoms. The molecule has 0 unspecified atom stereocenters. The SMILES string of the molecule is N#Cc1cc(F)ccc1NCC(=O)N1CCCCCC1. The Labute approximate surface area is 118 Å². The number of carbonyl (C=O) groups is 1. The molecule has 1 aliphatic heterocycles. The van der Waals surface area contributed by atoms with Crippen LogP contribution in [0.3, 0.4) is 0 Å². The lowest BCUT2D eigenvalue weighted by molar-refractivity contribution is -0.129. The maximum absolute atomic E-state index is 13.0. The zero-order valence-electron chi connectivity index (χ0n) is 11.4. The molecule has 106 valence electrons. The molecular formula is C15H18FN3O. The predicted octanol–water partition coefficient (Wildman–Crippen LogP) is 2.51. The summed E-state index contributed by atoms with van der Waals surface area (Å²) < 4.78 is 13.0. The molecule has 2 rings (SSSR count). The minimum absolute atomic E-state index is 0.0279. The van der Waals surface area contributed by atoms with Crippen molar-refractivity contribution in [2.24, 2.45) is 0 Å². The van der Waals surface area contributed by atoms with E-state index in [2.05, 4.69) is 5.32 Å². The van der Waals surface area contributed by atoms with Crippen LogP contribution < -0.4 is 5.32 Å². The van der Waals surface area contributed by atoms with Gasteiger partial charge >= 0.3 is 0 Å². The lowest BCUT2D eigenvalue weighted by atomic mass is 10.2. The van der Waals surface area contributed by atoms with Gasteiger partial charge in [0.05, 0.1) is 17.8 Å². The van der Waals surface area contributed by atoms with Crippen LogP contribution in [-0.4, -0.2) is 30.4 Å². The van der Waals surface area contributed by atoms with E-state index >= 15 is 0 Å². The van der Waals surface area contributed by atoms with Gasteiger partial charge in [-0.3, -0.25) is 4.79 Å². The topological polar surface area (TPSA) is 56.1 Å². The second-order valence-electron chi connectivity index (χ2n) is 4.95.